The topological polar surface area (TPSA) is 58.2 Å². The van der Waals surface area contributed by atoms with Crippen molar-refractivity contribution >= 4 is 21.8 Å². The third-order valence-electron chi connectivity index (χ3n) is 5.10. The Hall–Kier alpha value is -1.77. The number of rotatable bonds is 7. The number of halogens is 4. The fourth-order valence-electron chi connectivity index (χ4n) is 3.15. The van der Waals surface area contributed by atoms with Gasteiger partial charge < -0.3 is 0 Å². The molecule has 0 bridgehead atoms. The first-order valence-corrected chi connectivity index (χ1v) is 12.4. The minimum absolute atomic E-state index is 0. The van der Waals surface area contributed by atoms with Crippen molar-refractivity contribution in [1.82, 2.24) is 9.56 Å². The molecule has 0 aliphatic rings. The summed E-state index contributed by atoms with van der Waals surface area (Å²) < 4.78 is 63.2. The number of benzene rings is 3. The van der Waals surface area contributed by atoms with Crippen LogP contribution in [0.2, 0.25) is 0 Å². The van der Waals surface area contributed by atoms with E-state index in [1.54, 1.807) is 53.3 Å². The van der Waals surface area contributed by atoms with Crippen LogP contribution in [0.25, 0.3) is 0 Å². The van der Waals surface area contributed by atoms with Gasteiger partial charge in [-0.1, -0.05) is 104 Å². The Labute approximate surface area is 223 Å². The maximum atomic E-state index is 12.8. The minimum Gasteiger partial charge on any atom is -0.224 e. The van der Waals surface area contributed by atoms with Gasteiger partial charge in [0.2, 0.25) is 0 Å². The SMILES string of the molecule is Cc1ccc(C(C)C)cc1.O=S(=O)(N[C@@H](c1ccccc1)[C@@H](NCl)c1ccccc1)C(F)(F)F.[Ru]. The summed E-state index contributed by atoms with van der Waals surface area (Å²) in [5, 5.41) is 0. The molecule has 0 radical (unpaired) electrons. The zero-order valence-corrected chi connectivity index (χ0v) is 22.7. The van der Waals surface area contributed by atoms with Crippen LogP contribution >= 0.6 is 11.8 Å². The first-order chi connectivity index (χ1) is 16.0. The van der Waals surface area contributed by atoms with Crippen LogP contribution in [0.5, 0.6) is 0 Å². The Morgan fingerprint density at radius 2 is 1.17 bits per heavy atom. The molecule has 4 nitrogen and oxygen atoms in total. The van der Waals surface area contributed by atoms with Gasteiger partial charge >= 0.3 is 15.5 Å². The summed E-state index contributed by atoms with van der Waals surface area (Å²) in [7, 11) is -5.56. The summed E-state index contributed by atoms with van der Waals surface area (Å²) in [5.74, 6) is 0.653. The number of alkyl halides is 3. The standard InChI is InChI=1S/C15H14ClF3N2O2S.C10H14.Ru/c16-20-13(11-7-3-1-4-8-11)14(12-9-5-2-6-10-12)21-24(22,23)15(17,18)19;1-8(2)10-6-4-9(3)5-7-10;/h1-10,13-14,20-21H;4-8H,1-3H3;/t13-,14-;;/m0../s1. The molecule has 2 N–H and O–H groups in total. The molecule has 0 amide bonds. The minimum atomic E-state index is -5.56. The molecule has 0 saturated carbocycles. The van der Waals surface area contributed by atoms with Gasteiger partial charge in [0.05, 0.1) is 12.1 Å². The molecule has 35 heavy (non-hydrogen) atoms. The zero-order valence-electron chi connectivity index (χ0n) is 19.4. The van der Waals surface area contributed by atoms with Gasteiger partial charge in [0.1, 0.15) is 0 Å². The fraction of sp³-hybridized carbons (Fsp3) is 0.280. The van der Waals surface area contributed by atoms with Crippen LogP contribution in [0, 0.1) is 6.92 Å². The molecule has 0 aromatic heterocycles. The molecule has 0 aliphatic heterocycles. The Morgan fingerprint density at radius 3 is 1.54 bits per heavy atom. The Morgan fingerprint density at radius 1 is 0.743 bits per heavy atom. The summed E-state index contributed by atoms with van der Waals surface area (Å²) >= 11 is 5.72. The summed E-state index contributed by atoms with van der Waals surface area (Å²) in [6.45, 7) is 6.54. The van der Waals surface area contributed by atoms with Crippen molar-refractivity contribution in [2.75, 3.05) is 0 Å². The van der Waals surface area contributed by atoms with Crippen LogP contribution in [0.1, 0.15) is 54.1 Å². The van der Waals surface area contributed by atoms with E-state index in [0.29, 0.717) is 17.0 Å². The second-order valence-corrected chi connectivity index (χ2v) is 9.94. The Kier molecular flexibility index (Phi) is 12.6. The van der Waals surface area contributed by atoms with E-state index in [4.69, 9.17) is 11.8 Å². The zero-order chi connectivity index (χ0) is 25.4. The van der Waals surface area contributed by atoms with Crippen molar-refractivity contribution in [2.24, 2.45) is 0 Å². The van der Waals surface area contributed by atoms with Crippen LogP contribution in [0.4, 0.5) is 13.2 Å². The molecule has 0 aliphatic carbocycles. The number of nitrogens with one attached hydrogen (secondary N) is 2. The number of aryl methyl sites for hydroxylation is 1. The molecule has 0 saturated heterocycles. The molecule has 2 atom stereocenters. The summed E-state index contributed by atoms with van der Waals surface area (Å²) in [6, 6.07) is 22.8. The number of hydrogen-bond donors (Lipinski definition) is 2. The number of hydrogen-bond acceptors (Lipinski definition) is 3. The first kappa shape index (κ1) is 31.3. The Bertz CT molecular complexity index is 1110. The second kappa shape index (κ2) is 14.1. The maximum absolute atomic E-state index is 12.8. The predicted octanol–water partition coefficient (Wildman–Crippen LogP) is 6.77. The van der Waals surface area contributed by atoms with E-state index in [-0.39, 0.29) is 19.5 Å². The van der Waals surface area contributed by atoms with Crippen LogP contribution in [0.15, 0.2) is 84.9 Å². The second-order valence-electron chi connectivity index (χ2n) is 8.02. The average Bonchev–Trinajstić information content (AvgIpc) is 2.80. The van der Waals surface area contributed by atoms with Gasteiger partial charge in [0.15, 0.2) is 0 Å². The molecule has 0 heterocycles. The van der Waals surface area contributed by atoms with Crippen LogP contribution in [-0.4, -0.2) is 13.9 Å². The van der Waals surface area contributed by atoms with Crippen molar-refractivity contribution < 1.29 is 41.1 Å². The molecule has 0 unspecified atom stereocenters. The quantitative estimate of drug-likeness (QED) is 0.229. The molecule has 3 rings (SSSR count). The van der Waals surface area contributed by atoms with Crippen molar-refractivity contribution in [3.63, 3.8) is 0 Å². The van der Waals surface area contributed by atoms with Crippen LogP contribution < -0.4 is 9.56 Å². The van der Waals surface area contributed by atoms with Crippen LogP contribution in [-0.2, 0) is 29.5 Å². The van der Waals surface area contributed by atoms with E-state index in [1.807, 2.05) is 0 Å². The van der Waals surface area contributed by atoms with E-state index >= 15 is 0 Å². The molecule has 0 fully saturated rings. The normalized spacial score (nSPS) is 13.3. The van der Waals surface area contributed by atoms with E-state index in [9.17, 15) is 21.6 Å². The predicted molar refractivity (Wildman–Crippen MR) is 131 cm³/mol. The van der Waals surface area contributed by atoms with Gasteiger partial charge in [0, 0.05) is 19.5 Å². The van der Waals surface area contributed by atoms with Gasteiger partial charge in [-0.15, -0.1) is 0 Å². The third kappa shape index (κ3) is 9.32. The number of sulfonamides is 1. The monoisotopic (exact) mass is 614 g/mol. The van der Waals surface area contributed by atoms with Gasteiger partial charge in [-0.3, -0.25) is 0 Å². The third-order valence-corrected chi connectivity index (χ3v) is 6.51. The largest absolute Gasteiger partial charge is 0.511 e. The van der Waals surface area contributed by atoms with Crippen molar-refractivity contribution in [1.29, 1.82) is 0 Å². The van der Waals surface area contributed by atoms with Gasteiger partial charge in [-0.2, -0.15) is 17.9 Å². The fourth-order valence-corrected chi connectivity index (χ4v) is 4.15. The molecule has 3 aromatic carbocycles. The molecule has 3 aromatic rings. The van der Waals surface area contributed by atoms with Crippen LogP contribution in [0.3, 0.4) is 0 Å². The first-order valence-electron chi connectivity index (χ1n) is 10.6. The van der Waals surface area contributed by atoms with E-state index in [1.165, 1.54) is 23.3 Å². The van der Waals surface area contributed by atoms with E-state index in [0.717, 1.165) is 0 Å². The summed E-state index contributed by atoms with van der Waals surface area (Å²) in [6.07, 6.45) is 0. The summed E-state index contributed by atoms with van der Waals surface area (Å²) in [4.78, 5) is 2.37. The molecule has 192 valence electrons. The average molecular weight is 614 g/mol. The van der Waals surface area contributed by atoms with Crippen molar-refractivity contribution in [3.8, 4) is 0 Å². The van der Waals surface area contributed by atoms with Gasteiger partial charge in [-0.25, -0.2) is 13.3 Å². The Balaban J connectivity index is 0.000000468. The van der Waals surface area contributed by atoms with E-state index < -0.39 is 27.6 Å². The van der Waals surface area contributed by atoms with E-state index in [2.05, 4.69) is 49.9 Å². The molecule has 0 spiro atoms. The smallest absolute Gasteiger partial charge is 0.224 e. The van der Waals surface area contributed by atoms with Crippen molar-refractivity contribution in [3.05, 3.63) is 107 Å². The summed E-state index contributed by atoms with van der Waals surface area (Å²) in [5.41, 5.74) is -1.79. The van der Waals surface area contributed by atoms with Gasteiger partial charge in [0.25, 0.3) is 0 Å². The maximum Gasteiger partial charge on any atom is 0.511 e. The van der Waals surface area contributed by atoms with Gasteiger partial charge in [-0.05, 0) is 41.3 Å². The van der Waals surface area contributed by atoms with Crippen molar-refractivity contribution in [2.45, 2.75) is 44.3 Å². The molecular weight excluding hydrogens is 586 g/mol. The molecule has 10 heteroatoms. The molecular formula is C25H28ClF3N2O2RuS.